The van der Waals surface area contributed by atoms with Crippen LogP contribution in [-0.4, -0.2) is 23.5 Å². The van der Waals surface area contributed by atoms with E-state index in [9.17, 15) is 9.59 Å². The van der Waals surface area contributed by atoms with Gasteiger partial charge in [-0.1, -0.05) is 6.92 Å². The van der Waals surface area contributed by atoms with Crippen LogP contribution in [0.1, 0.15) is 26.2 Å². The highest BCUT2D eigenvalue weighted by Gasteiger charge is 2.05. The minimum Gasteiger partial charge on any atom is -0.481 e. The van der Waals surface area contributed by atoms with Gasteiger partial charge in [-0.2, -0.15) is 0 Å². The summed E-state index contributed by atoms with van der Waals surface area (Å²) in [6.45, 7) is 2.45. The first kappa shape index (κ1) is 12.5. The lowest BCUT2D eigenvalue weighted by Gasteiger charge is -2.09. The predicted molar refractivity (Wildman–Crippen MR) is 52.5 cm³/mol. The Morgan fingerprint density at radius 2 is 2.14 bits per heavy atom. The number of carboxylic acids is 1. The van der Waals surface area contributed by atoms with Gasteiger partial charge in [0, 0.05) is 13.0 Å². The van der Waals surface area contributed by atoms with Crippen molar-refractivity contribution in [3.05, 3.63) is 0 Å². The van der Waals surface area contributed by atoms with Gasteiger partial charge >= 0.3 is 5.97 Å². The first-order valence-electron chi connectivity index (χ1n) is 4.52. The molecule has 0 heterocycles. The zero-order valence-electron chi connectivity index (χ0n) is 8.25. The topological polar surface area (TPSA) is 66.4 Å². The smallest absolute Gasteiger partial charge is 0.303 e. The van der Waals surface area contributed by atoms with Crippen LogP contribution in [0.2, 0.25) is 0 Å². The molecule has 1 amide bonds. The quantitative estimate of drug-likeness (QED) is 0.614. The summed E-state index contributed by atoms with van der Waals surface area (Å²) in [5.41, 5.74) is 0. The van der Waals surface area contributed by atoms with Gasteiger partial charge in [0.05, 0.1) is 0 Å². The van der Waals surface area contributed by atoms with E-state index in [-0.39, 0.29) is 12.3 Å². The van der Waals surface area contributed by atoms with Gasteiger partial charge in [-0.15, -0.1) is 6.42 Å². The normalized spacial score (nSPS) is 11.4. The molecular weight excluding hydrogens is 182 g/mol. The standard InChI is InChI=1S/C10H15NO3/c1-3-9(12)11-7-6-8(2)4-5-10(13)14/h1,8H,4-7H2,2H3,(H,11,12)(H,13,14). The zero-order chi connectivity index (χ0) is 11.0. The average molecular weight is 197 g/mol. The zero-order valence-corrected chi connectivity index (χ0v) is 8.25. The average Bonchev–Trinajstić information content (AvgIpc) is 2.14. The molecule has 0 aromatic heterocycles. The third-order valence-electron chi connectivity index (χ3n) is 1.90. The van der Waals surface area contributed by atoms with Crippen molar-refractivity contribution in [1.29, 1.82) is 0 Å². The first-order valence-corrected chi connectivity index (χ1v) is 4.52. The minimum atomic E-state index is -0.787. The Kier molecular flexibility index (Phi) is 6.21. The molecule has 0 saturated heterocycles. The number of terminal acetylenes is 1. The molecule has 2 N–H and O–H groups in total. The fourth-order valence-corrected chi connectivity index (χ4v) is 0.997. The second-order valence-electron chi connectivity index (χ2n) is 3.23. The molecule has 0 aliphatic heterocycles. The summed E-state index contributed by atoms with van der Waals surface area (Å²) >= 11 is 0. The Morgan fingerprint density at radius 3 is 2.64 bits per heavy atom. The highest BCUT2D eigenvalue weighted by molar-refractivity contribution is 5.92. The molecule has 0 aromatic rings. The van der Waals surface area contributed by atoms with Crippen LogP contribution in [0.3, 0.4) is 0 Å². The fraction of sp³-hybridized carbons (Fsp3) is 0.600. The highest BCUT2D eigenvalue weighted by Crippen LogP contribution is 2.08. The lowest BCUT2D eigenvalue weighted by Crippen LogP contribution is -2.23. The maximum atomic E-state index is 10.6. The van der Waals surface area contributed by atoms with Crippen molar-refractivity contribution in [2.45, 2.75) is 26.2 Å². The van der Waals surface area contributed by atoms with Crippen LogP contribution in [-0.2, 0) is 9.59 Å². The minimum absolute atomic E-state index is 0.171. The lowest BCUT2D eigenvalue weighted by atomic mass is 10.0. The molecule has 1 atom stereocenters. The predicted octanol–water partition coefficient (Wildman–Crippen LogP) is 0.627. The van der Waals surface area contributed by atoms with Gasteiger partial charge in [-0.3, -0.25) is 9.59 Å². The van der Waals surface area contributed by atoms with E-state index in [1.807, 2.05) is 12.8 Å². The van der Waals surface area contributed by atoms with Crippen LogP contribution < -0.4 is 5.32 Å². The van der Waals surface area contributed by atoms with Gasteiger partial charge in [0.15, 0.2) is 0 Å². The van der Waals surface area contributed by atoms with Crippen molar-refractivity contribution in [1.82, 2.24) is 5.32 Å². The van der Waals surface area contributed by atoms with Crippen LogP contribution in [0.4, 0.5) is 0 Å². The number of hydrogen-bond acceptors (Lipinski definition) is 2. The number of rotatable bonds is 6. The number of nitrogens with one attached hydrogen (secondary N) is 1. The summed E-state index contributed by atoms with van der Waals surface area (Å²) in [5, 5.41) is 10.9. The van der Waals surface area contributed by atoms with Crippen molar-refractivity contribution >= 4 is 11.9 Å². The van der Waals surface area contributed by atoms with E-state index in [2.05, 4.69) is 5.32 Å². The Bertz CT molecular complexity index is 242. The first-order chi connectivity index (χ1) is 6.56. The van der Waals surface area contributed by atoms with E-state index >= 15 is 0 Å². The largest absolute Gasteiger partial charge is 0.481 e. The third kappa shape index (κ3) is 7.17. The number of carbonyl (C=O) groups excluding carboxylic acids is 1. The Hall–Kier alpha value is -1.50. The fourth-order valence-electron chi connectivity index (χ4n) is 0.997. The lowest BCUT2D eigenvalue weighted by molar-refractivity contribution is -0.137. The van der Waals surface area contributed by atoms with Gasteiger partial charge in [0.25, 0.3) is 5.91 Å². The maximum Gasteiger partial charge on any atom is 0.303 e. The van der Waals surface area contributed by atoms with Gasteiger partial charge in [0.2, 0.25) is 0 Å². The van der Waals surface area contributed by atoms with Gasteiger partial charge in [-0.05, 0) is 24.7 Å². The molecule has 0 aliphatic rings. The summed E-state index contributed by atoms with van der Waals surface area (Å²) in [5.74, 6) is 1.02. The Morgan fingerprint density at radius 1 is 1.50 bits per heavy atom. The molecule has 0 spiro atoms. The molecule has 14 heavy (non-hydrogen) atoms. The molecule has 4 heteroatoms. The number of carbonyl (C=O) groups is 2. The third-order valence-corrected chi connectivity index (χ3v) is 1.90. The molecule has 0 bridgehead atoms. The van der Waals surface area contributed by atoms with E-state index in [1.165, 1.54) is 0 Å². The second kappa shape index (κ2) is 6.96. The second-order valence-corrected chi connectivity index (χ2v) is 3.23. The molecule has 78 valence electrons. The van der Waals surface area contributed by atoms with E-state index in [0.29, 0.717) is 13.0 Å². The van der Waals surface area contributed by atoms with E-state index in [4.69, 9.17) is 11.5 Å². The van der Waals surface area contributed by atoms with Crippen LogP contribution in [0.15, 0.2) is 0 Å². The van der Waals surface area contributed by atoms with Crippen molar-refractivity contribution in [3.63, 3.8) is 0 Å². The summed E-state index contributed by atoms with van der Waals surface area (Å²) in [6.07, 6.45) is 6.40. The molecule has 0 fully saturated rings. The molecule has 0 aliphatic carbocycles. The monoisotopic (exact) mass is 197 g/mol. The molecular formula is C10H15NO3. The number of amides is 1. The number of carboxylic acid groups (broad SMARTS) is 1. The molecule has 1 unspecified atom stereocenters. The van der Waals surface area contributed by atoms with E-state index < -0.39 is 11.9 Å². The van der Waals surface area contributed by atoms with Crippen molar-refractivity contribution in [2.24, 2.45) is 5.92 Å². The number of hydrogen-bond donors (Lipinski definition) is 2. The van der Waals surface area contributed by atoms with Crippen LogP contribution in [0, 0.1) is 18.3 Å². The van der Waals surface area contributed by atoms with Crippen LogP contribution in [0.25, 0.3) is 0 Å². The van der Waals surface area contributed by atoms with Crippen LogP contribution >= 0.6 is 0 Å². The van der Waals surface area contributed by atoms with E-state index in [0.717, 1.165) is 6.42 Å². The van der Waals surface area contributed by atoms with Crippen molar-refractivity contribution in [2.75, 3.05) is 6.54 Å². The molecule has 0 rings (SSSR count). The summed E-state index contributed by atoms with van der Waals surface area (Å²) in [7, 11) is 0. The van der Waals surface area contributed by atoms with Gasteiger partial charge < -0.3 is 10.4 Å². The molecule has 0 radical (unpaired) electrons. The Balaban J connectivity index is 3.45. The maximum absolute atomic E-state index is 10.6. The summed E-state index contributed by atoms with van der Waals surface area (Å²) in [4.78, 5) is 20.9. The van der Waals surface area contributed by atoms with Crippen LogP contribution in [0.5, 0.6) is 0 Å². The van der Waals surface area contributed by atoms with Gasteiger partial charge in [0.1, 0.15) is 0 Å². The van der Waals surface area contributed by atoms with Crippen molar-refractivity contribution in [3.8, 4) is 12.3 Å². The summed E-state index contributed by atoms with van der Waals surface area (Å²) in [6, 6.07) is 0. The SMILES string of the molecule is C#CC(=O)NCCC(C)CCC(=O)O. The molecule has 4 nitrogen and oxygen atoms in total. The van der Waals surface area contributed by atoms with Gasteiger partial charge in [-0.25, -0.2) is 0 Å². The summed E-state index contributed by atoms with van der Waals surface area (Å²) < 4.78 is 0. The molecule has 0 aromatic carbocycles. The van der Waals surface area contributed by atoms with E-state index in [1.54, 1.807) is 0 Å². The van der Waals surface area contributed by atoms with Crippen molar-refractivity contribution < 1.29 is 14.7 Å². The Labute approximate surface area is 83.7 Å². The molecule has 0 saturated carbocycles. The highest BCUT2D eigenvalue weighted by atomic mass is 16.4. The number of aliphatic carboxylic acids is 1.